The van der Waals surface area contributed by atoms with E-state index >= 15 is 0 Å². The third-order valence-electron chi connectivity index (χ3n) is 12.4. The average Bonchev–Trinajstić information content (AvgIpc) is 3.74. The number of aromatic amines is 1. The van der Waals surface area contributed by atoms with Crippen LogP contribution in [0.3, 0.4) is 0 Å². The topological polar surface area (TPSA) is 185 Å². The Morgan fingerprint density at radius 3 is 2.31 bits per heavy atom. The Hall–Kier alpha value is -3.21. The summed E-state index contributed by atoms with van der Waals surface area (Å²) in [6, 6.07) is 10.2. The molecule has 2 aromatic rings. The van der Waals surface area contributed by atoms with Crippen molar-refractivity contribution in [2.75, 3.05) is 21.2 Å². The SMILES string of the molecule is CC[C@H]1OC(=O)[C@H](C)[C@@H](OC(=O)Cc2ccc(Cl)cc2)[C@H](C)[C@@H](OC2OC(C)CC(N(C)C)C2O)[C@](C)(OC)C[C@@H](C)/C(=N\N=C(/C)c2ccc[nH]2)[C@H](C)[C@@H](O)[C@]1(C)O. The Kier molecular flexibility index (Phi) is 16.9. The van der Waals surface area contributed by atoms with Crippen LogP contribution in [0.15, 0.2) is 52.8 Å². The summed E-state index contributed by atoms with van der Waals surface area (Å²) >= 11 is 6.11. The lowest BCUT2D eigenvalue weighted by Crippen LogP contribution is -2.60. The molecule has 59 heavy (non-hydrogen) atoms. The molecule has 0 saturated carbocycles. The van der Waals surface area contributed by atoms with Crippen LogP contribution in [0.25, 0.3) is 0 Å². The lowest BCUT2D eigenvalue weighted by molar-refractivity contribution is -0.301. The van der Waals surface area contributed by atoms with E-state index in [0.29, 0.717) is 28.4 Å². The summed E-state index contributed by atoms with van der Waals surface area (Å²) in [5, 5.41) is 45.6. The number of methoxy groups -OCH3 is 1. The number of carbonyl (C=O) groups excluding carboxylic acids is 2. The Morgan fingerprint density at radius 2 is 1.73 bits per heavy atom. The van der Waals surface area contributed by atoms with Gasteiger partial charge in [0.1, 0.15) is 23.9 Å². The number of likely N-dealkylation sites (N-methyl/N-ethyl adjacent to an activating group) is 1. The van der Waals surface area contributed by atoms with Gasteiger partial charge in [0.05, 0.1) is 47.7 Å². The summed E-state index contributed by atoms with van der Waals surface area (Å²) < 4.78 is 32.0. The summed E-state index contributed by atoms with van der Waals surface area (Å²) in [6.45, 7) is 15.9. The lowest BCUT2D eigenvalue weighted by atomic mass is 9.73. The zero-order valence-corrected chi connectivity index (χ0v) is 37.5. The number of ether oxygens (including phenoxy) is 5. The normalized spacial score (nSPS) is 37.5. The maximum absolute atomic E-state index is 14.3. The lowest BCUT2D eigenvalue weighted by Gasteiger charge is -2.48. The first-order chi connectivity index (χ1) is 27.6. The molecule has 1 aromatic carbocycles. The van der Waals surface area contributed by atoms with Crippen molar-refractivity contribution in [3.63, 3.8) is 0 Å². The Balaban J connectivity index is 1.91. The van der Waals surface area contributed by atoms with E-state index < -0.39 is 83.6 Å². The van der Waals surface area contributed by atoms with Crippen LogP contribution in [0.1, 0.15) is 92.8 Å². The fourth-order valence-corrected chi connectivity index (χ4v) is 8.81. The van der Waals surface area contributed by atoms with Crippen LogP contribution in [-0.2, 0) is 39.7 Å². The van der Waals surface area contributed by atoms with E-state index in [0.717, 1.165) is 5.69 Å². The highest BCUT2D eigenvalue weighted by Crippen LogP contribution is 2.40. The number of nitrogens with one attached hydrogen (secondary N) is 1. The number of nitrogens with zero attached hydrogens (tertiary/aromatic N) is 3. The van der Waals surface area contributed by atoms with Crippen molar-refractivity contribution in [3.05, 3.63) is 58.9 Å². The van der Waals surface area contributed by atoms with Gasteiger partial charge < -0.3 is 48.9 Å². The fourth-order valence-electron chi connectivity index (χ4n) is 8.69. The second-order valence-corrected chi connectivity index (χ2v) is 17.7. The second kappa shape index (κ2) is 20.6. The first-order valence-electron chi connectivity index (χ1n) is 20.7. The minimum absolute atomic E-state index is 0.114. The van der Waals surface area contributed by atoms with Crippen LogP contribution in [0.4, 0.5) is 0 Å². The summed E-state index contributed by atoms with van der Waals surface area (Å²) in [4.78, 5) is 33.2. The summed E-state index contributed by atoms with van der Waals surface area (Å²) in [5.74, 6) is -4.53. The van der Waals surface area contributed by atoms with Crippen molar-refractivity contribution in [1.82, 2.24) is 9.88 Å². The van der Waals surface area contributed by atoms with Crippen molar-refractivity contribution in [2.45, 2.75) is 148 Å². The minimum atomic E-state index is -1.94. The predicted octanol–water partition coefficient (Wildman–Crippen LogP) is 5.59. The van der Waals surface area contributed by atoms with Gasteiger partial charge in [-0.1, -0.05) is 51.4 Å². The molecular formula is C44H67ClN4O10. The van der Waals surface area contributed by atoms with E-state index in [2.05, 4.69) is 10.1 Å². The van der Waals surface area contributed by atoms with Gasteiger partial charge in [0.2, 0.25) is 0 Å². The van der Waals surface area contributed by atoms with Gasteiger partial charge in [-0.15, -0.1) is 0 Å². The summed E-state index contributed by atoms with van der Waals surface area (Å²) in [7, 11) is 5.31. The third kappa shape index (κ3) is 11.6. The maximum atomic E-state index is 14.3. The molecule has 2 aliphatic heterocycles. The van der Waals surface area contributed by atoms with E-state index in [4.69, 9.17) is 40.4 Å². The van der Waals surface area contributed by atoms with Crippen LogP contribution in [0, 0.1) is 23.7 Å². The molecule has 3 heterocycles. The molecule has 330 valence electrons. The summed E-state index contributed by atoms with van der Waals surface area (Å²) in [6.07, 6.45) is -4.67. The molecule has 14 atom stereocenters. The molecule has 0 radical (unpaired) electrons. The number of benzene rings is 1. The van der Waals surface area contributed by atoms with Gasteiger partial charge in [-0.05, 0) is 104 Å². The largest absolute Gasteiger partial charge is 0.461 e. The average molecular weight is 847 g/mol. The number of esters is 2. The fraction of sp³-hybridized carbons (Fsp3) is 0.682. The van der Waals surface area contributed by atoms with Crippen LogP contribution in [0.5, 0.6) is 0 Å². The van der Waals surface area contributed by atoms with Crippen molar-refractivity contribution in [2.24, 2.45) is 33.9 Å². The number of hydrogen-bond donors (Lipinski definition) is 4. The van der Waals surface area contributed by atoms with E-state index in [1.807, 2.05) is 65.7 Å². The maximum Gasteiger partial charge on any atom is 0.312 e. The number of cyclic esters (lactones) is 1. The molecule has 14 nitrogen and oxygen atoms in total. The predicted molar refractivity (Wildman–Crippen MR) is 226 cm³/mol. The molecular weight excluding hydrogens is 780 g/mol. The smallest absolute Gasteiger partial charge is 0.312 e. The van der Waals surface area contributed by atoms with Gasteiger partial charge in [-0.25, -0.2) is 0 Å². The standard InChI is InChI=1S/C44H67ClN4O10/c1-13-34-44(9,54)39(52)26(4)36(48-47-29(7)32-15-14-20-46-32)24(2)23-43(8,55-12)40(59-42-37(51)33(49(10)11)21-25(3)56-42)27(5)38(28(6)41(53)57-34)58-35(50)22-30-16-18-31(45)19-17-30/h14-20,24-28,33-34,37-40,42,46,51-52,54H,13,21-23H2,1-12H3/b47-29+,48-36+/t24-,25?,26+,27+,28-,33?,34-,37?,38+,39-,40-,42?,43-,44-/m1/s1. The van der Waals surface area contributed by atoms with Gasteiger partial charge in [-0.2, -0.15) is 10.2 Å². The Bertz CT molecular complexity index is 1740. The first kappa shape index (κ1) is 48.5. The van der Waals surface area contributed by atoms with Crippen LogP contribution >= 0.6 is 11.6 Å². The number of aliphatic hydroxyl groups excluding tert-OH is 2. The second-order valence-electron chi connectivity index (χ2n) is 17.2. The van der Waals surface area contributed by atoms with E-state index in [1.54, 1.807) is 58.3 Å². The molecule has 2 aliphatic rings. The van der Waals surface area contributed by atoms with E-state index in [1.165, 1.54) is 6.92 Å². The number of halogens is 1. The molecule has 15 heteroatoms. The van der Waals surface area contributed by atoms with Crippen molar-refractivity contribution in [1.29, 1.82) is 0 Å². The van der Waals surface area contributed by atoms with E-state index in [9.17, 15) is 24.9 Å². The summed E-state index contributed by atoms with van der Waals surface area (Å²) in [5.41, 5.74) is -0.734. The van der Waals surface area contributed by atoms with Crippen LogP contribution < -0.4 is 0 Å². The van der Waals surface area contributed by atoms with Crippen LogP contribution in [0.2, 0.25) is 5.02 Å². The Labute approximate surface area is 354 Å². The van der Waals surface area contributed by atoms with Gasteiger partial charge in [0.15, 0.2) is 6.29 Å². The number of rotatable bonds is 10. The molecule has 0 amide bonds. The van der Waals surface area contributed by atoms with Crippen LogP contribution in [-0.4, -0.2) is 130 Å². The molecule has 4 unspecified atom stereocenters. The molecule has 2 saturated heterocycles. The van der Waals surface area contributed by atoms with Gasteiger partial charge in [0, 0.05) is 41.9 Å². The van der Waals surface area contributed by atoms with E-state index in [-0.39, 0.29) is 31.4 Å². The third-order valence-corrected chi connectivity index (χ3v) is 12.6. The zero-order valence-electron chi connectivity index (χ0n) is 36.7. The van der Waals surface area contributed by atoms with Crippen molar-refractivity contribution >= 4 is 35.0 Å². The quantitative estimate of drug-likeness (QED) is 0.133. The van der Waals surface area contributed by atoms with Gasteiger partial charge >= 0.3 is 11.9 Å². The highest BCUT2D eigenvalue weighted by Gasteiger charge is 2.52. The first-order valence-corrected chi connectivity index (χ1v) is 21.0. The molecule has 0 spiro atoms. The number of aromatic nitrogens is 1. The molecule has 0 aliphatic carbocycles. The molecule has 4 rings (SSSR count). The van der Waals surface area contributed by atoms with Gasteiger partial charge in [0.25, 0.3) is 0 Å². The number of carbonyl (C=O) groups is 2. The highest BCUT2D eigenvalue weighted by atomic mass is 35.5. The highest BCUT2D eigenvalue weighted by molar-refractivity contribution is 6.30. The Morgan fingerprint density at radius 1 is 1.07 bits per heavy atom. The number of aliphatic hydroxyl groups is 3. The number of H-pyrrole nitrogens is 1. The molecule has 1 aromatic heterocycles. The molecule has 0 bridgehead atoms. The van der Waals surface area contributed by atoms with Gasteiger partial charge in [-0.3, -0.25) is 9.59 Å². The molecule has 2 fully saturated rings. The number of hydrogen-bond acceptors (Lipinski definition) is 13. The molecule has 4 N–H and O–H groups in total. The zero-order chi connectivity index (χ0) is 44.0. The minimum Gasteiger partial charge on any atom is -0.461 e. The van der Waals surface area contributed by atoms with Crippen molar-refractivity contribution < 1.29 is 48.6 Å². The van der Waals surface area contributed by atoms with Crippen molar-refractivity contribution in [3.8, 4) is 0 Å². The monoisotopic (exact) mass is 846 g/mol.